The Bertz CT molecular complexity index is 431. The number of carbonyl (C=O) groups excluding carboxylic acids is 1. The largest absolute Gasteiger partial charge is 0.342 e. The van der Waals surface area contributed by atoms with Gasteiger partial charge in [0.2, 0.25) is 5.91 Å². The number of thioether (sulfide) groups is 1. The van der Waals surface area contributed by atoms with Crippen LogP contribution >= 0.6 is 11.8 Å². The predicted molar refractivity (Wildman–Crippen MR) is 68.6 cm³/mol. The molecule has 0 N–H and O–H groups in total. The molecule has 2 rings (SSSR count). The molecule has 18 heavy (non-hydrogen) atoms. The van der Waals surface area contributed by atoms with Gasteiger partial charge in [-0.3, -0.25) is 4.79 Å². The second-order valence-electron chi connectivity index (χ2n) is 4.26. The first-order chi connectivity index (χ1) is 8.66. The lowest BCUT2D eigenvalue weighted by Crippen LogP contribution is -2.34. The van der Waals surface area contributed by atoms with E-state index in [0.29, 0.717) is 6.54 Å². The molecule has 1 aliphatic heterocycles. The van der Waals surface area contributed by atoms with Crippen LogP contribution in [0.5, 0.6) is 0 Å². The first-order valence-corrected chi connectivity index (χ1v) is 7.12. The number of rotatable bonds is 2. The summed E-state index contributed by atoms with van der Waals surface area (Å²) in [6.07, 6.45) is 0.985. The van der Waals surface area contributed by atoms with E-state index in [2.05, 4.69) is 0 Å². The minimum absolute atomic E-state index is 0.0107. The Morgan fingerprint density at radius 3 is 2.89 bits per heavy atom. The van der Waals surface area contributed by atoms with Crippen LogP contribution < -0.4 is 0 Å². The van der Waals surface area contributed by atoms with Gasteiger partial charge in [-0.1, -0.05) is 6.07 Å². The highest BCUT2D eigenvalue weighted by molar-refractivity contribution is 7.99. The molecule has 1 amide bonds. The number of halogens is 2. The van der Waals surface area contributed by atoms with E-state index in [1.54, 1.807) is 4.90 Å². The molecule has 5 heteroatoms. The van der Waals surface area contributed by atoms with Crippen LogP contribution in [0.15, 0.2) is 18.2 Å². The Balaban J connectivity index is 2.01. The highest BCUT2D eigenvalue weighted by atomic mass is 32.2. The molecule has 0 unspecified atom stereocenters. The van der Waals surface area contributed by atoms with E-state index in [4.69, 9.17) is 0 Å². The molecule has 0 bridgehead atoms. The molecule has 1 saturated heterocycles. The zero-order valence-electron chi connectivity index (χ0n) is 9.99. The first-order valence-electron chi connectivity index (χ1n) is 5.96. The average molecular weight is 271 g/mol. The summed E-state index contributed by atoms with van der Waals surface area (Å²) in [6, 6.07) is 3.35. The van der Waals surface area contributed by atoms with Crippen molar-refractivity contribution >= 4 is 17.7 Å². The maximum atomic E-state index is 13.4. The highest BCUT2D eigenvalue weighted by Crippen LogP contribution is 2.14. The van der Waals surface area contributed by atoms with E-state index in [9.17, 15) is 13.6 Å². The molecule has 0 aromatic heterocycles. The summed E-state index contributed by atoms with van der Waals surface area (Å²) < 4.78 is 26.2. The summed E-state index contributed by atoms with van der Waals surface area (Å²) in [7, 11) is 0. The van der Waals surface area contributed by atoms with Crippen LogP contribution in [0.2, 0.25) is 0 Å². The molecule has 1 aromatic carbocycles. The Kier molecular flexibility index (Phi) is 4.58. The molecule has 2 nitrogen and oxygen atoms in total. The van der Waals surface area contributed by atoms with Crippen molar-refractivity contribution in [3.05, 3.63) is 35.4 Å². The van der Waals surface area contributed by atoms with Crippen molar-refractivity contribution in [1.82, 2.24) is 4.90 Å². The maximum Gasteiger partial charge on any atom is 0.227 e. The SMILES string of the molecule is O=C(Cc1ccc(F)cc1F)N1CCCSCC1. The van der Waals surface area contributed by atoms with Gasteiger partial charge in [-0.05, 0) is 23.8 Å². The molecule has 0 aliphatic carbocycles. The van der Waals surface area contributed by atoms with Crippen LogP contribution in [0.1, 0.15) is 12.0 Å². The van der Waals surface area contributed by atoms with E-state index in [-0.39, 0.29) is 17.9 Å². The normalized spacial score (nSPS) is 16.4. The van der Waals surface area contributed by atoms with Crippen LogP contribution in [0.3, 0.4) is 0 Å². The molecule has 0 saturated carbocycles. The number of nitrogens with zero attached hydrogens (tertiary/aromatic N) is 1. The van der Waals surface area contributed by atoms with Crippen LogP contribution in [0, 0.1) is 11.6 Å². The molecule has 1 fully saturated rings. The maximum absolute atomic E-state index is 13.4. The van der Waals surface area contributed by atoms with Gasteiger partial charge in [0.1, 0.15) is 11.6 Å². The predicted octanol–water partition coefficient (Wildman–Crippen LogP) is 2.47. The monoisotopic (exact) mass is 271 g/mol. The quantitative estimate of drug-likeness (QED) is 0.823. The Labute approximate surface area is 109 Å². The summed E-state index contributed by atoms with van der Waals surface area (Å²) in [4.78, 5) is 13.8. The summed E-state index contributed by atoms with van der Waals surface area (Å²) in [6.45, 7) is 1.45. The fourth-order valence-corrected chi connectivity index (χ4v) is 2.82. The molecule has 1 aliphatic rings. The van der Waals surface area contributed by atoms with Gasteiger partial charge >= 0.3 is 0 Å². The zero-order valence-corrected chi connectivity index (χ0v) is 10.8. The zero-order chi connectivity index (χ0) is 13.0. The number of carbonyl (C=O) groups is 1. The van der Waals surface area contributed by atoms with E-state index < -0.39 is 11.6 Å². The average Bonchev–Trinajstić information content (AvgIpc) is 2.61. The molecule has 0 radical (unpaired) electrons. The lowest BCUT2D eigenvalue weighted by Gasteiger charge is -2.20. The fourth-order valence-electron chi connectivity index (χ4n) is 1.94. The van der Waals surface area contributed by atoms with Crippen molar-refractivity contribution < 1.29 is 13.6 Å². The van der Waals surface area contributed by atoms with Gasteiger partial charge in [0.05, 0.1) is 6.42 Å². The van der Waals surface area contributed by atoms with Crippen molar-refractivity contribution in [3.63, 3.8) is 0 Å². The van der Waals surface area contributed by atoms with Crippen molar-refractivity contribution in [1.29, 1.82) is 0 Å². The van der Waals surface area contributed by atoms with Gasteiger partial charge < -0.3 is 4.90 Å². The lowest BCUT2D eigenvalue weighted by molar-refractivity contribution is -0.130. The van der Waals surface area contributed by atoms with Gasteiger partial charge in [0, 0.05) is 24.9 Å². The van der Waals surface area contributed by atoms with Gasteiger partial charge in [0.15, 0.2) is 0 Å². The molecule has 0 atom stereocenters. The molecular weight excluding hydrogens is 256 g/mol. The molecule has 98 valence electrons. The first kappa shape index (κ1) is 13.3. The number of hydrogen-bond donors (Lipinski definition) is 0. The fraction of sp³-hybridized carbons (Fsp3) is 0.462. The van der Waals surface area contributed by atoms with Gasteiger partial charge in [-0.15, -0.1) is 0 Å². The highest BCUT2D eigenvalue weighted by Gasteiger charge is 2.17. The molecular formula is C13H15F2NOS. The van der Waals surface area contributed by atoms with Crippen LogP contribution in [-0.2, 0) is 11.2 Å². The van der Waals surface area contributed by atoms with Crippen molar-refractivity contribution in [3.8, 4) is 0 Å². The minimum atomic E-state index is -0.646. The Hall–Kier alpha value is -1.10. The van der Waals surface area contributed by atoms with Crippen LogP contribution in [0.25, 0.3) is 0 Å². The number of hydrogen-bond acceptors (Lipinski definition) is 2. The van der Waals surface area contributed by atoms with Crippen LogP contribution in [-0.4, -0.2) is 35.4 Å². The summed E-state index contributed by atoms with van der Waals surface area (Å²) in [5.74, 6) is 0.650. The third-order valence-corrected chi connectivity index (χ3v) is 3.98. The summed E-state index contributed by atoms with van der Waals surface area (Å²) in [5.41, 5.74) is 0.262. The van der Waals surface area contributed by atoms with Gasteiger partial charge in [-0.25, -0.2) is 8.78 Å². The Morgan fingerprint density at radius 1 is 1.28 bits per heavy atom. The van der Waals surface area contributed by atoms with Crippen molar-refractivity contribution in [2.75, 3.05) is 24.6 Å². The molecule has 1 aromatic rings. The number of benzene rings is 1. The number of amides is 1. The summed E-state index contributed by atoms with van der Waals surface area (Å²) >= 11 is 1.83. The van der Waals surface area contributed by atoms with Crippen LogP contribution in [0.4, 0.5) is 8.78 Å². The van der Waals surface area contributed by atoms with Crippen molar-refractivity contribution in [2.45, 2.75) is 12.8 Å². The second-order valence-corrected chi connectivity index (χ2v) is 5.48. The van der Waals surface area contributed by atoms with E-state index >= 15 is 0 Å². The lowest BCUT2D eigenvalue weighted by atomic mass is 10.1. The van der Waals surface area contributed by atoms with E-state index in [0.717, 1.165) is 30.5 Å². The van der Waals surface area contributed by atoms with E-state index in [1.807, 2.05) is 11.8 Å². The van der Waals surface area contributed by atoms with E-state index in [1.165, 1.54) is 12.1 Å². The third kappa shape index (κ3) is 3.45. The van der Waals surface area contributed by atoms with Gasteiger partial charge in [0.25, 0.3) is 0 Å². The Morgan fingerprint density at radius 2 is 2.11 bits per heavy atom. The minimum Gasteiger partial charge on any atom is -0.342 e. The third-order valence-electron chi connectivity index (χ3n) is 2.93. The summed E-state index contributed by atoms with van der Waals surface area (Å²) in [5, 5.41) is 0. The van der Waals surface area contributed by atoms with Gasteiger partial charge in [-0.2, -0.15) is 11.8 Å². The smallest absolute Gasteiger partial charge is 0.227 e. The second kappa shape index (κ2) is 6.18. The standard InChI is InChI=1S/C13H15F2NOS/c14-11-3-2-10(12(15)9-11)8-13(17)16-4-1-6-18-7-5-16/h2-3,9H,1,4-8H2. The van der Waals surface area contributed by atoms with Crippen molar-refractivity contribution in [2.24, 2.45) is 0 Å². The molecule has 0 spiro atoms. The molecule has 1 heterocycles. The topological polar surface area (TPSA) is 20.3 Å².